The lowest BCUT2D eigenvalue weighted by Gasteiger charge is -2.56. The summed E-state index contributed by atoms with van der Waals surface area (Å²) in [6, 6.07) is 0. The summed E-state index contributed by atoms with van der Waals surface area (Å²) in [6.07, 6.45) is 15.7. The van der Waals surface area contributed by atoms with Crippen LogP contribution in [0.4, 0.5) is 0 Å². The minimum Gasteiger partial charge on any atom is -0.331 e. The fraction of sp³-hybridized carbons (Fsp3) is 0.833. The molecule has 108 valence electrons. The van der Waals surface area contributed by atoms with Gasteiger partial charge in [0.2, 0.25) is 5.91 Å². The normalized spacial score (nSPS) is 41.5. The smallest absolute Gasteiger partial charge is 0.229 e. The van der Waals surface area contributed by atoms with Gasteiger partial charge in [-0.2, -0.15) is 0 Å². The largest absolute Gasteiger partial charge is 0.331 e. The summed E-state index contributed by atoms with van der Waals surface area (Å²) in [5, 5.41) is 0. The molecule has 20 heavy (non-hydrogen) atoms. The Morgan fingerprint density at radius 1 is 1.10 bits per heavy atom. The fourth-order valence-corrected chi connectivity index (χ4v) is 5.65. The van der Waals surface area contributed by atoms with E-state index in [2.05, 4.69) is 5.92 Å². The average molecular weight is 271 g/mol. The van der Waals surface area contributed by atoms with Crippen LogP contribution in [-0.4, -0.2) is 23.9 Å². The fourth-order valence-electron chi connectivity index (χ4n) is 5.65. The summed E-state index contributed by atoms with van der Waals surface area (Å²) in [5.41, 5.74) is -0.0134. The molecule has 5 rings (SSSR count). The molecular formula is C18H25NO. The van der Waals surface area contributed by atoms with Crippen LogP contribution in [0.3, 0.4) is 0 Å². The quantitative estimate of drug-likeness (QED) is 0.720. The van der Waals surface area contributed by atoms with E-state index in [0.29, 0.717) is 12.5 Å². The van der Waals surface area contributed by atoms with Gasteiger partial charge in [0.25, 0.3) is 0 Å². The molecule has 0 heterocycles. The van der Waals surface area contributed by atoms with E-state index in [-0.39, 0.29) is 5.41 Å². The Morgan fingerprint density at radius 2 is 1.65 bits per heavy atom. The van der Waals surface area contributed by atoms with E-state index >= 15 is 0 Å². The van der Waals surface area contributed by atoms with Crippen LogP contribution in [0.25, 0.3) is 0 Å². The highest BCUT2D eigenvalue weighted by Crippen LogP contribution is 2.60. The van der Waals surface area contributed by atoms with E-state index in [4.69, 9.17) is 6.42 Å². The molecule has 5 aliphatic carbocycles. The van der Waals surface area contributed by atoms with Crippen LogP contribution in [0, 0.1) is 41.4 Å². The first kappa shape index (κ1) is 12.7. The Balaban J connectivity index is 1.55. The molecule has 5 saturated carbocycles. The minimum absolute atomic E-state index is 0.0134. The maximum Gasteiger partial charge on any atom is 0.229 e. The predicted molar refractivity (Wildman–Crippen MR) is 78.7 cm³/mol. The van der Waals surface area contributed by atoms with Crippen molar-refractivity contribution >= 4 is 5.91 Å². The van der Waals surface area contributed by atoms with E-state index in [1.54, 1.807) is 0 Å². The molecule has 0 radical (unpaired) electrons. The van der Waals surface area contributed by atoms with Gasteiger partial charge in [0.15, 0.2) is 0 Å². The molecule has 0 unspecified atom stereocenters. The molecule has 0 spiro atoms. The van der Waals surface area contributed by atoms with Crippen molar-refractivity contribution in [2.45, 2.75) is 51.4 Å². The van der Waals surface area contributed by atoms with Gasteiger partial charge in [-0.05, 0) is 75.0 Å². The molecule has 5 aliphatic rings. The van der Waals surface area contributed by atoms with Crippen LogP contribution >= 0.6 is 0 Å². The maximum atomic E-state index is 13.2. The number of terminal acetylenes is 1. The third kappa shape index (κ3) is 2.07. The van der Waals surface area contributed by atoms with Crippen LogP contribution in [-0.2, 0) is 4.79 Å². The first-order chi connectivity index (χ1) is 9.68. The van der Waals surface area contributed by atoms with E-state index in [1.165, 1.54) is 32.1 Å². The second-order valence-electron chi connectivity index (χ2n) is 8.03. The summed E-state index contributed by atoms with van der Waals surface area (Å²) >= 11 is 0. The molecule has 1 amide bonds. The van der Waals surface area contributed by atoms with Gasteiger partial charge >= 0.3 is 0 Å². The first-order valence-corrected chi connectivity index (χ1v) is 8.41. The van der Waals surface area contributed by atoms with Crippen LogP contribution in [0.15, 0.2) is 0 Å². The summed E-state index contributed by atoms with van der Waals surface area (Å²) in [5.74, 6) is 6.37. The maximum absolute atomic E-state index is 13.2. The zero-order valence-electron chi connectivity index (χ0n) is 12.3. The second kappa shape index (κ2) is 4.52. The van der Waals surface area contributed by atoms with Crippen molar-refractivity contribution in [3.8, 4) is 12.3 Å². The van der Waals surface area contributed by atoms with Crippen molar-refractivity contribution in [2.75, 3.05) is 13.1 Å². The van der Waals surface area contributed by atoms with Gasteiger partial charge < -0.3 is 4.90 Å². The Hall–Kier alpha value is -0.970. The number of amides is 1. The highest BCUT2D eigenvalue weighted by Gasteiger charge is 2.55. The van der Waals surface area contributed by atoms with Crippen molar-refractivity contribution in [1.29, 1.82) is 0 Å². The number of nitrogens with zero attached hydrogens (tertiary/aromatic N) is 1. The number of rotatable bonds is 4. The lowest BCUT2D eigenvalue weighted by molar-refractivity contribution is -0.157. The van der Waals surface area contributed by atoms with Gasteiger partial charge in [0.1, 0.15) is 0 Å². The molecule has 0 saturated heterocycles. The standard InChI is InChI=1S/C18H25NO/c1-2-5-19(12-13-3-4-13)17(20)18-9-14-6-15(10-18)8-16(7-14)11-18/h1,13-16H,3-12H2. The SMILES string of the molecule is C#CCN(CC1CC1)C(=O)C12CC3CC(CC(C3)C1)C2. The monoisotopic (exact) mass is 271 g/mol. The molecule has 0 atom stereocenters. The van der Waals surface area contributed by atoms with Crippen molar-refractivity contribution in [2.24, 2.45) is 29.1 Å². The van der Waals surface area contributed by atoms with E-state index in [0.717, 1.165) is 49.5 Å². The lowest BCUT2D eigenvalue weighted by Crippen LogP contribution is -2.55. The molecule has 4 bridgehead atoms. The van der Waals surface area contributed by atoms with E-state index in [9.17, 15) is 4.79 Å². The van der Waals surface area contributed by atoms with Gasteiger partial charge in [-0.15, -0.1) is 6.42 Å². The van der Waals surface area contributed by atoms with Crippen LogP contribution in [0.1, 0.15) is 51.4 Å². The highest BCUT2D eigenvalue weighted by molar-refractivity contribution is 5.83. The zero-order chi connectivity index (χ0) is 13.7. The van der Waals surface area contributed by atoms with Crippen molar-refractivity contribution in [1.82, 2.24) is 4.90 Å². The van der Waals surface area contributed by atoms with Gasteiger partial charge in [-0.1, -0.05) is 5.92 Å². The van der Waals surface area contributed by atoms with Crippen LogP contribution in [0.5, 0.6) is 0 Å². The van der Waals surface area contributed by atoms with Crippen molar-refractivity contribution in [3.63, 3.8) is 0 Å². The summed E-state index contributed by atoms with van der Waals surface area (Å²) in [7, 11) is 0. The molecule has 0 aromatic carbocycles. The molecule has 0 aromatic rings. The zero-order valence-corrected chi connectivity index (χ0v) is 12.3. The first-order valence-electron chi connectivity index (χ1n) is 8.41. The number of carbonyl (C=O) groups is 1. The average Bonchev–Trinajstić information content (AvgIpc) is 3.20. The number of hydrogen-bond donors (Lipinski definition) is 0. The van der Waals surface area contributed by atoms with Gasteiger partial charge in [-0.25, -0.2) is 0 Å². The van der Waals surface area contributed by atoms with E-state index < -0.39 is 0 Å². The summed E-state index contributed by atoms with van der Waals surface area (Å²) in [4.78, 5) is 15.2. The Kier molecular flexibility index (Phi) is 2.88. The van der Waals surface area contributed by atoms with Crippen molar-refractivity contribution < 1.29 is 4.79 Å². The summed E-state index contributed by atoms with van der Waals surface area (Å²) < 4.78 is 0. The van der Waals surface area contributed by atoms with Crippen LogP contribution < -0.4 is 0 Å². The topological polar surface area (TPSA) is 20.3 Å². The van der Waals surface area contributed by atoms with Crippen LogP contribution in [0.2, 0.25) is 0 Å². The highest BCUT2D eigenvalue weighted by atomic mass is 16.2. The molecule has 2 nitrogen and oxygen atoms in total. The molecule has 0 aliphatic heterocycles. The van der Waals surface area contributed by atoms with Gasteiger partial charge in [-0.3, -0.25) is 4.79 Å². The Labute approximate surface area is 122 Å². The van der Waals surface area contributed by atoms with Crippen molar-refractivity contribution in [3.05, 3.63) is 0 Å². The third-order valence-electron chi connectivity index (χ3n) is 6.24. The molecule has 0 aromatic heterocycles. The molecular weight excluding hydrogens is 246 g/mol. The van der Waals surface area contributed by atoms with Gasteiger partial charge in [0, 0.05) is 6.54 Å². The Morgan fingerprint density at radius 3 is 2.10 bits per heavy atom. The minimum atomic E-state index is -0.0134. The van der Waals surface area contributed by atoms with Gasteiger partial charge in [0.05, 0.1) is 12.0 Å². The number of carbonyl (C=O) groups excluding carboxylic acids is 1. The molecule has 5 fully saturated rings. The summed E-state index contributed by atoms with van der Waals surface area (Å²) in [6.45, 7) is 1.45. The number of hydrogen-bond acceptors (Lipinski definition) is 1. The molecule has 0 N–H and O–H groups in total. The molecule has 2 heteroatoms. The predicted octanol–water partition coefficient (Wildman–Crippen LogP) is 3.07. The lowest BCUT2D eigenvalue weighted by atomic mass is 9.49. The van der Waals surface area contributed by atoms with E-state index in [1.807, 2.05) is 4.90 Å². The third-order valence-corrected chi connectivity index (χ3v) is 6.24. The Bertz CT molecular complexity index is 421. The second-order valence-corrected chi connectivity index (χ2v) is 8.03.